The van der Waals surface area contributed by atoms with Crippen molar-refractivity contribution in [3.05, 3.63) is 23.9 Å². The number of hydrogen-bond donors (Lipinski definition) is 1. The lowest BCUT2D eigenvalue weighted by Crippen LogP contribution is -2.19. The predicted octanol–water partition coefficient (Wildman–Crippen LogP) is 3.01. The van der Waals surface area contributed by atoms with Crippen molar-refractivity contribution in [2.45, 2.75) is 39.7 Å². The highest BCUT2D eigenvalue weighted by atomic mass is 16.5. The van der Waals surface area contributed by atoms with Crippen molar-refractivity contribution < 1.29 is 4.74 Å². The molecule has 18 heavy (non-hydrogen) atoms. The number of aromatic nitrogens is 1. The molecule has 1 heterocycles. The van der Waals surface area contributed by atoms with Gasteiger partial charge in [0.2, 0.25) is 5.88 Å². The van der Waals surface area contributed by atoms with Crippen LogP contribution in [0.4, 0.5) is 0 Å². The Kier molecular flexibility index (Phi) is 5.00. The van der Waals surface area contributed by atoms with Gasteiger partial charge in [0.1, 0.15) is 0 Å². The van der Waals surface area contributed by atoms with Crippen LogP contribution in [0.5, 0.6) is 5.88 Å². The maximum absolute atomic E-state index is 5.79. The van der Waals surface area contributed by atoms with E-state index < -0.39 is 0 Å². The van der Waals surface area contributed by atoms with Gasteiger partial charge in [-0.1, -0.05) is 32.8 Å². The van der Waals surface area contributed by atoms with Crippen molar-refractivity contribution in [2.24, 2.45) is 11.8 Å². The molecule has 0 aromatic carbocycles. The molecule has 2 rings (SSSR count). The number of nitrogens with zero attached hydrogens (tertiary/aromatic N) is 1. The number of nitrogens with one attached hydrogen (secondary N) is 1. The molecule has 1 aromatic rings. The Morgan fingerprint density at radius 3 is 3.00 bits per heavy atom. The summed E-state index contributed by atoms with van der Waals surface area (Å²) in [4.78, 5) is 4.33. The summed E-state index contributed by atoms with van der Waals surface area (Å²) < 4.78 is 5.79. The summed E-state index contributed by atoms with van der Waals surface area (Å²) in [5, 5.41) is 3.43. The maximum atomic E-state index is 5.79. The first-order valence-corrected chi connectivity index (χ1v) is 7.03. The lowest BCUT2D eigenvalue weighted by molar-refractivity contribution is 0.287. The van der Waals surface area contributed by atoms with E-state index in [0.29, 0.717) is 5.92 Å². The van der Waals surface area contributed by atoms with Gasteiger partial charge in [0.05, 0.1) is 6.61 Å². The minimum atomic E-state index is 0.668. The van der Waals surface area contributed by atoms with Crippen LogP contribution in [0.3, 0.4) is 0 Å². The minimum Gasteiger partial charge on any atom is -0.477 e. The van der Waals surface area contributed by atoms with E-state index in [-0.39, 0.29) is 0 Å². The van der Waals surface area contributed by atoms with Crippen LogP contribution in [0, 0.1) is 11.8 Å². The molecular weight excluding hydrogens is 224 g/mol. The first kappa shape index (κ1) is 13.3. The van der Waals surface area contributed by atoms with Crippen LogP contribution in [-0.4, -0.2) is 18.1 Å². The monoisotopic (exact) mass is 248 g/mol. The van der Waals surface area contributed by atoms with Crippen LogP contribution in [-0.2, 0) is 6.54 Å². The third kappa shape index (κ3) is 4.65. The Morgan fingerprint density at radius 1 is 1.44 bits per heavy atom. The van der Waals surface area contributed by atoms with Crippen LogP contribution in [0.1, 0.15) is 38.7 Å². The quantitative estimate of drug-likeness (QED) is 0.768. The Balaban J connectivity index is 1.79. The van der Waals surface area contributed by atoms with E-state index in [2.05, 4.69) is 30.2 Å². The van der Waals surface area contributed by atoms with Gasteiger partial charge in [-0.3, -0.25) is 0 Å². The van der Waals surface area contributed by atoms with Crippen LogP contribution < -0.4 is 10.1 Å². The molecule has 0 bridgehead atoms. The molecule has 0 aliphatic heterocycles. The fourth-order valence-electron chi connectivity index (χ4n) is 1.91. The Hall–Kier alpha value is -1.09. The first-order valence-electron chi connectivity index (χ1n) is 7.03. The average molecular weight is 248 g/mol. The second-order valence-corrected chi connectivity index (χ2v) is 5.57. The smallest absolute Gasteiger partial charge is 0.217 e. The van der Waals surface area contributed by atoms with Gasteiger partial charge in [0.25, 0.3) is 0 Å². The van der Waals surface area contributed by atoms with Gasteiger partial charge >= 0.3 is 0 Å². The molecule has 0 amide bonds. The number of hydrogen-bond acceptors (Lipinski definition) is 3. The van der Waals surface area contributed by atoms with Crippen molar-refractivity contribution >= 4 is 0 Å². The minimum absolute atomic E-state index is 0.668. The molecule has 3 nitrogen and oxygen atoms in total. The van der Waals surface area contributed by atoms with E-state index in [0.717, 1.165) is 37.1 Å². The van der Waals surface area contributed by atoms with E-state index in [4.69, 9.17) is 4.74 Å². The Labute approximate surface area is 110 Å². The largest absolute Gasteiger partial charge is 0.477 e. The molecule has 1 N–H and O–H groups in total. The fourth-order valence-corrected chi connectivity index (χ4v) is 1.91. The summed E-state index contributed by atoms with van der Waals surface area (Å²) in [7, 11) is 0. The summed E-state index contributed by atoms with van der Waals surface area (Å²) in [6.45, 7) is 7.09. The highest BCUT2D eigenvalue weighted by Gasteiger charge is 2.20. The molecule has 0 atom stereocenters. The van der Waals surface area contributed by atoms with Crippen LogP contribution in [0.2, 0.25) is 0 Å². The van der Waals surface area contributed by atoms with Crippen molar-refractivity contribution in [3.63, 3.8) is 0 Å². The molecule has 100 valence electrons. The summed E-state index contributed by atoms with van der Waals surface area (Å²) >= 11 is 0. The van der Waals surface area contributed by atoms with Gasteiger partial charge in [-0.15, -0.1) is 0 Å². The number of rotatable bonds is 8. The first-order chi connectivity index (χ1) is 8.75. The topological polar surface area (TPSA) is 34.2 Å². The standard InChI is InChI=1S/C15H24N2O/c1-12(2)10-16-11-14-4-3-8-17-15(14)18-9-7-13-5-6-13/h3-4,8,12-13,16H,5-7,9-11H2,1-2H3. The zero-order valence-electron chi connectivity index (χ0n) is 11.5. The molecule has 3 heteroatoms. The lowest BCUT2D eigenvalue weighted by Gasteiger charge is -2.11. The van der Waals surface area contributed by atoms with Crippen molar-refractivity contribution in [1.29, 1.82) is 0 Å². The highest BCUT2D eigenvalue weighted by molar-refractivity contribution is 5.25. The molecule has 1 aliphatic rings. The summed E-state index contributed by atoms with van der Waals surface area (Å²) in [5.41, 5.74) is 1.16. The highest BCUT2D eigenvalue weighted by Crippen LogP contribution is 2.32. The molecule has 0 radical (unpaired) electrons. The summed E-state index contributed by atoms with van der Waals surface area (Å²) in [6.07, 6.45) is 5.75. The molecule has 1 aromatic heterocycles. The molecule has 0 unspecified atom stereocenters. The molecule has 1 saturated carbocycles. The van der Waals surface area contributed by atoms with E-state index in [1.54, 1.807) is 6.20 Å². The zero-order chi connectivity index (χ0) is 12.8. The van der Waals surface area contributed by atoms with Gasteiger partial charge in [-0.05, 0) is 30.9 Å². The van der Waals surface area contributed by atoms with E-state index >= 15 is 0 Å². The zero-order valence-corrected chi connectivity index (χ0v) is 11.5. The maximum Gasteiger partial charge on any atom is 0.217 e. The van der Waals surface area contributed by atoms with Crippen LogP contribution >= 0.6 is 0 Å². The van der Waals surface area contributed by atoms with Gasteiger partial charge < -0.3 is 10.1 Å². The van der Waals surface area contributed by atoms with Gasteiger partial charge in [-0.25, -0.2) is 4.98 Å². The second-order valence-electron chi connectivity index (χ2n) is 5.57. The van der Waals surface area contributed by atoms with Gasteiger partial charge in [-0.2, -0.15) is 0 Å². The second kappa shape index (κ2) is 6.74. The number of pyridine rings is 1. The predicted molar refractivity (Wildman–Crippen MR) is 73.6 cm³/mol. The molecule has 1 aliphatic carbocycles. The average Bonchev–Trinajstić information content (AvgIpc) is 3.15. The SMILES string of the molecule is CC(C)CNCc1cccnc1OCCC1CC1. The molecule has 0 saturated heterocycles. The summed E-state index contributed by atoms with van der Waals surface area (Å²) in [5.74, 6) is 2.38. The van der Waals surface area contributed by atoms with Crippen LogP contribution in [0.25, 0.3) is 0 Å². The normalized spacial score (nSPS) is 15.1. The molecule has 1 fully saturated rings. The Bertz CT molecular complexity index is 334. The molecule has 0 spiro atoms. The molecular formula is C15H24N2O. The van der Waals surface area contributed by atoms with Crippen molar-refractivity contribution in [3.8, 4) is 5.88 Å². The lowest BCUT2D eigenvalue weighted by atomic mass is 10.2. The third-order valence-electron chi connectivity index (χ3n) is 3.18. The van der Waals surface area contributed by atoms with Crippen molar-refractivity contribution in [2.75, 3.05) is 13.2 Å². The van der Waals surface area contributed by atoms with Crippen LogP contribution in [0.15, 0.2) is 18.3 Å². The third-order valence-corrected chi connectivity index (χ3v) is 3.18. The van der Waals surface area contributed by atoms with Gasteiger partial charge in [0.15, 0.2) is 0 Å². The van der Waals surface area contributed by atoms with E-state index in [1.165, 1.54) is 19.3 Å². The van der Waals surface area contributed by atoms with Gasteiger partial charge in [0, 0.05) is 18.3 Å². The van der Waals surface area contributed by atoms with E-state index in [1.807, 2.05) is 6.07 Å². The van der Waals surface area contributed by atoms with E-state index in [9.17, 15) is 0 Å². The number of ether oxygens (including phenoxy) is 1. The fraction of sp³-hybridized carbons (Fsp3) is 0.667. The van der Waals surface area contributed by atoms with Crippen molar-refractivity contribution in [1.82, 2.24) is 10.3 Å². The summed E-state index contributed by atoms with van der Waals surface area (Å²) in [6, 6.07) is 4.06. The Morgan fingerprint density at radius 2 is 2.28 bits per heavy atom.